The zero-order chi connectivity index (χ0) is 28.7. The lowest BCUT2D eigenvalue weighted by molar-refractivity contribution is -0.162. The van der Waals surface area contributed by atoms with Crippen LogP contribution in [0.3, 0.4) is 0 Å². The standard InChI is InChI=1S/C30H25ClN2O6S/c1-16-13-17(2)26(18(3)14-16)40(38,39)33-23-15-22(19-9-11-20(31)12-10-19)30(37,29(33)36)25-24(23)27(34)32(28(25)35)21-7-5-4-6-8-21/h4-15,23-25,37H,1-3H3. The molecule has 2 saturated heterocycles. The molecular formula is C30H25ClN2O6S. The average Bonchev–Trinajstić information content (AvgIpc) is 3.16. The number of aryl methyl sites for hydroxylation is 3. The molecule has 0 radical (unpaired) electrons. The van der Waals surface area contributed by atoms with E-state index in [-0.39, 0.29) is 16.2 Å². The molecule has 3 heterocycles. The smallest absolute Gasteiger partial charge is 0.274 e. The number of carbonyl (C=O) groups excluding carboxylic acids is 3. The number of imide groups is 1. The lowest BCUT2D eigenvalue weighted by Crippen LogP contribution is -2.70. The van der Waals surface area contributed by atoms with E-state index >= 15 is 0 Å². The minimum absolute atomic E-state index is 0.0697. The Hall–Kier alpha value is -3.79. The summed E-state index contributed by atoms with van der Waals surface area (Å²) in [6, 6.07) is 16.5. The van der Waals surface area contributed by atoms with Gasteiger partial charge in [0.15, 0.2) is 5.60 Å². The zero-order valence-corrected chi connectivity index (χ0v) is 23.4. The van der Waals surface area contributed by atoms with E-state index in [1.165, 1.54) is 6.08 Å². The van der Waals surface area contributed by atoms with Gasteiger partial charge in [-0.1, -0.05) is 65.7 Å². The fraction of sp³-hybridized carbons (Fsp3) is 0.233. The summed E-state index contributed by atoms with van der Waals surface area (Å²) in [6.07, 6.45) is 1.43. The third-order valence-corrected chi connectivity index (χ3v) is 10.3. The van der Waals surface area contributed by atoms with E-state index in [9.17, 15) is 27.9 Å². The maximum Gasteiger partial charge on any atom is 0.274 e. The molecule has 204 valence electrons. The summed E-state index contributed by atoms with van der Waals surface area (Å²) < 4.78 is 29.1. The Labute approximate surface area is 236 Å². The van der Waals surface area contributed by atoms with Crippen molar-refractivity contribution in [3.05, 3.63) is 100 Å². The number of amides is 3. The third-order valence-electron chi connectivity index (χ3n) is 8.01. The van der Waals surface area contributed by atoms with Crippen LogP contribution < -0.4 is 4.90 Å². The highest BCUT2D eigenvalue weighted by molar-refractivity contribution is 7.89. The van der Waals surface area contributed by atoms with Gasteiger partial charge < -0.3 is 5.11 Å². The van der Waals surface area contributed by atoms with E-state index in [2.05, 4.69) is 0 Å². The van der Waals surface area contributed by atoms with Gasteiger partial charge in [0.2, 0.25) is 11.8 Å². The van der Waals surface area contributed by atoms with Gasteiger partial charge in [-0.15, -0.1) is 0 Å². The molecule has 0 spiro atoms. The van der Waals surface area contributed by atoms with E-state index in [0.717, 1.165) is 10.5 Å². The first kappa shape index (κ1) is 26.4. The van der Waals surface area contributed by atoms with Crippen molar-refractivity contribution in [2.45, 2.75) is 37.3 Å². The minimum atomic E-state index is -4.56. The highest BCUT2D eigenvalue weighted by Crippen LogP contribution is 2.55. The van der Waals surface area contributed by atoms with Crippen molar-refractivity contribution in [2.75, 3.05) is 4.90 Å². The number of fused-ring (bicyclic) bond motifs is 1. The molecule has 3 aliphatic heterocycles. The first-order valence-electron chi connectivity index (χ1n) is 12.7. The SMILES string of the molecule is Cc1cc(C)c(S(=O)(=O)N2C(=O)C3(O)C(c4ccc(Cl)cc4)=CC2C2C(=O)N(c4ccccc4)C(=O)C23)c(C)c1. The molecule has 4 aliphatic rings. The van der Waals surface area contributed by atoms with E-state index in [0.29, 0.717) is 26.0 Å². The number of hydrogen-bond donors (Lipinski definition) is 1. The van der Waals surface area contributed by atoms with Crippen LogP contribution in [0.4, 0.5) is 5.69 Å². The second-order valence-corrected chi connectivity index (χ2v) is 12.7. The Bertz CT molecular complexity index is 1730. The van der Waals surface area contributed by atoms with Crippen molar-refractivity contribution in [1.29, 1.82) is 0 Å². The zero-order valence-electron chi connectivity index (χ0n) is 21.8. The van der Waals surface area contributed by atoms with Gasteiger partial charge in [-0.05, 0) is 67.3 Å². The van der Waals surface area contributed by atoms with Crippen LogP contribution in [0.1, 0.15) is 22.3 Å². The highest BCUT2D eigenvalue weighted by atomic mass is 35.5. The summed E-state index contributed by atoms with van der Waals surface area (Å²) in [4.78, 5) is 42.9. The van der Waals surface area contributed by atoms with Crippen molar-refractivity contribution in [2.24, 2.45) is 11.8 Å². The number of sulfonamides is 1. The second kappa shape index (κ2) is 8.86. The van der Waals surface area contributed by atoms with Crippen LogP contribution in [-0.2, 0) is 24.4 Å². The number of halogens is 1. The molecule has 40 heavy (non-hydrogen) atoms. The molecular weight excluding hydrogens is 552 g/mol. The maximum atomic E-state index is 14.3. The number of para-hydroxylation sites is 1. The molecule has 3 aromatic carbocycles. The first-order chi connectivity index (χ1) is 18.9. The Morgan fingerprint density at radius 2 is 1.48 bits per heavy atom. The van der Waals surface area contributed by atoms with Crippen LogP contribution >= 0.6 is 11.6 Å². The average molecular weight is 577 g/mol. The van der Waals surface area contributed by atoms with Crippen LogP contribution in [-0.4, -0.2) is 47.2 Å². The predicted octanol–water partition coefficient (Wildman–Crippen LogP) is 3.80. The molecule has 10 heteroatoms. The van der Waals surface area contributed by atoms with Gasteiger partial charge in [0.1, 0.15) is 0 Å². The summed E-state index contributed by atoms with van der Waals surface area (Å²) in [7, 11) is -4.56. The molecule has 2 fully saturated rings. The lowest BCUT2D eigenvalue weighted by Gasteiger charge is -2.52. The number of nitrogens with zero attached hydrogens (tertiary/aromatic N) is 2. The number of carbonyl (C=O) groups is 3. The van der Waals surface area contributed by atoms with E-state index in [1.807, 2.05) is 6.92 Å². The number of benzene rings is 3. The van der Waals surface area contributed by atoms with E-state index < -0.39 is 51.2 Å². The van der Waals surface area contributed by atoms with Crippen molar-refractivity contribution in [3.8, 4) is 0 Å². The van der Waals surface area contributed by atoms with Crippen LogP contribution in [0.5, 0.6) is 0 Å². The quantitative estimate of drug-likeness (QED) is 0.473. The molecule has 0 saturated carbocycles. The summed E-state index contributed by atoms with van der Waals surface area (Å²) in [5, 5.41) is 12.7. The van der Waals surface area contributed by atoms with Gasteiger partial charge in [-0.25, -0.2) is 17.6 Å². The number of piperidine rings is 1. The summed E-state index contributed by atoms with van der Waals surface area (Å²) >= 11 is 6.06. The topological polar surface area (TPSA) is 112 Å². The maximum absolute atomic E-state index is 14.3. The molecule has 3 aromatic rings. The van der Waals surface area contributed by atoms with Crippen LogP contribution in [0, 0.1) is 32.6 Å². The molecule has 7 rings (SSSR count). The normalized spacial score (nSPS) is 25.9. The molecule has 4 unspecified atom stereocenters. The van der Waals surface area contributed by atoms with Gasteiger partial charge >= 0.3 is 0 Å². The van der Waals surface area contributed by atoms with E-state index in [1.54, 1.807) is 80.6 Å². The Morgan fingerprint density at radius 3 is 2.08 bits per heavy atom. The van der Waals surface area contributed by atoms with Crippen LogP contribution in [0.25, 0.3) is 5.57 Å². The Balaban J connectivity index is 1.59. The lowest BCUT2D eigenvalue weighted by atomic mass is 9.62. The predicted molar refractivity (Wildman–Crippen MR) is 149 cm³/mol. The van der Waals surface area contributed by atoms with Crippen molar-refractivity contribution in [1.82, 2.24) is 4.31 Å². The largest absolute Gasteiger partial charge is 0.375 e. The molecule has 1 N–H and O–H groups in total. The molecule has 8 nitrogen and oxygen atoms in total. The van der Waals surface area contributed by atoms with Gasteiger partial charge in [-0.2, -0.15) is 0 Å². The Kier molecular flexibility index (Phi) is 5.85. The van der Waals surface area contributed by atoms with Crippen LogP contribution in [0.15, 0.2) is 77.7 Å². The molecule has 2 bridgehead atoms. The summed E-state index contributed by atoms with van der Waals surface area (Å²) in [5.74, 6) is -5.43. The fourth-order valence-electron chi connectivity index (χ4n) is 6.53. The number of aliphatic hydroxyl groups is 1. The monoisotopic (exact) mass is 576 g/mol. The second-order valence-electron chi connectivity index (χ2n) is 10.5. The summed E-state index contributed by atoms with van der Waals surface area (Å²) in [6.45, 7) is 5.10. The first-order valence-corrected chi connectivity index (χ1v) is 14.5. The van der Waals surface area contributed by atoms with Gasteiger partial charge in [0, 0.05) is 5.02 Å². The van der Waals surface area contributed by atoms with Crippen molar-refractivity contribution in [3.63, 3.8) is 0 Å². The summed E-state index contributed by atoms with van der Waals surface area (Å²) in [5.41, 5.74) is -0.187. The molecule has 0 aromatic heterocycles. The minimum Gasteiger partial charge on any atom is -0.375 e. The van der Waals surface area contributed by atoms with Gasteiger partial charge in [0.05, 0.1) is 28.5 Å². The molecule has 1 aliphatic carbocycles. The number of hydrogen-bond acceptors (Lipinski definition) is 6. The van der Waals surface area contributed by atoms with E-state index in [4.69, 9.17) is 11.6 Å². The van der Waals surface area contributed by atoms with Gasteiger partial charge in [-0.3, -0.25) is 14.4 Å². The number of anilines is 1. The fourth-order valence-corrected chi connectivity index (χ4v) is 8.65. The Morgan fingerprint density at radius 1 is 0.875 bits per heavy atom. The number of rotatable bonds is 4. The van der Waals surface area contributed by atoms with Crippen molar-refractivity contribution >= 4 is 50.6 Å². The van der Waals surface area contributed by atoms with Crippen LogP contribution in [0.2, 0.25) is 5.02 Å². The van der Waals surface area contributed by atoms with Crippen molar-refractivity contribution < 1.29 is 27.9 Å². The highest BCUT2D eigenvalue weighted by Gasteiger charge is 2.73. The molecule has 4 atom stereocenters. The third kappa shape index (κ3) is 3.47. The molecule has 3 amide bonds. The van der Waals surface area contributed by atoms with Gasteiger partial charge in [0.25, 0.3) is 15.9 Å².